The van der Waals surface area contributed by atoms with Crippen LogP contribution in [0.25, 0.3) is 6.08 Å². The van der Waals surface area contributed by atoms with E-state index in [9.17, 15) is 0 Å². The van der Waals surface area contributed by atoms with E-state index < -0.39 is 15.4 Å². The van der Waals surface area contributed by atoms with Crippen LogP contribution in [0.3, 0.4) is 0 Å². The molecule has 0 bridgehead atoms. The summed E-state index contributed by atoms with van der Waals surface area (Å²) >= 11 is 0. The van der Waals surface area contributed by atoms with Crippen LogP contribution in [0.15, 0.2) is 30.8 Å². The van der Waals surface area contributed by atoms with Crippen molar-refractivity contribution in [2.45, 2.75) is 51.6 Å². The van der Waals surface area contributed by atoms with Gasteiger partial charge in [-0.2, -0.15) is 0 Å². The van der Waals surface area contributed by atoms with E-state index in [2.05, 4.69) is 64.3 Å². The molecule has 1 saturated heterocycles. The Morgan fingerprint density at radius 2 is 1.84 bits per heavy atom. The Bertz CT molecular complexity index is 493. The summed E-state index contributed by atoms with van der Waals surface area (Å²) in [4.78, 5) is 0. The number of benzene rings is 1. The van der Waals surface area contributed by atoms with Crippen LogP contribution in [0, 0.1) is 0 Å². The van der Waals surface area contributed by atoms with Gasteiger partial charge in [-0.15, -0.1) is 0 Å². The Hall–Kier alpha value is -0.646. The van der Waals surface area contributed by atoms with Gasteiger partial charge in [-0.25, -0.2) is 0 Å². The van der Waals surface area contributed by atoms with Crippen molar-refractivity contribution in [2.75, 3.05) is 0 Å². The molecule has 2 rings (SSSR count). The molecule has 0 saturated carbocycles. The average molecular weight is 291 g/mol. The summed E-state index contributed by atoms with van der Waals surface area (Å²) in [6.45, 7) is 15.8. The van der Waals surface area contributed by atoms with Crippen LogP contribution in [0.4, 0.5) is 0 Å². The minimum absolute atomic E-state index is 0.0609. The lowest BCUT2D eigenvalue weighted by atomic mass is 10.1. The fraction of sp³-hybridized carbons (Fsp3) is 0.500. The van der Waals surface area contributed by atoms with Gasteiger partial charge in [0.1, 0.15) is 7.59 Å². The first-order chi connectivity index (χ1) is 8.72. The Balaban J connectivity index is 2.50. The zero-order valence-electron chi connectivity index (χ0n) is 12.9. The van der Waals surface area contributed by atoms with E-state index in [0.717, 1.165) is 0 Å². The summed E-state index contributed by atoms with van der Waals surface area (Å²) in [5.41, 5.74) is 1.38. The fourth-order valence-electron chi connectivity index (χ4n) is 3.34. The molecule has 1 aromatic rings. The van der Waals surface area contributed by atoms with Crippen molar-refractivity contribution >= 4 is 26.7 Å². The zero-order valence-corrected chi connectivity index (χ0v) is 14.9. The van der Waals surface area contributed by atoms with E-state index >= 15 is 0 Å². The summed E-state index contributed by atoms with van der Waals surface area (Å²) < 4.78 is 6.60. The smallest absolute Gasteiger partial charge is 0.180 e. The van der Waals surface area contributed by atoms with Crippen molar-refractivity contribution in [3.63, 3.8) is 0 Å². The van der Waals surface area contributed by atoms with E-state index in [1.165, 1.54) is 18.0 Å². The second kappa shape index (κ2) is 4.72. The number of rotatable bonds is 2. The van der Waals surface area contributed by atoms with Crippen LogP contribution in [-0.4, -0.2) is 21.0 Å². The molecule has 3 heteroatoms. The molecule has 1 atom stereocenters. The highest BCUT2D eigenvalue weighted by molar-refractivity contribution is 7.44. The lowest BCUT2D eigenvalue weighted by Crippen LogP contribution is -2.71. The highest BCUT2D eigenvalue weighted by Gasteiger charge is 2.54. The Kier molecular flexibility index (Phi) is 3.67. The molecule has 1 aromatic carbocycles. The van der Waals surface area contributed by atoms with E-state index in [-0.39, 0.29) is 5.60 Å². The SMILES string of the molecule is C=Cc1ccccc1[Si]1(C)CCC(C)(C)O[Si]1(C)C. The van der Waals surface area contributed by atoms with Crippen LogP contribution in [0.2, 0.25) is 25.7 Å². The summed E-state index contributed by atoms with van der Waals surface area (Å²) in [5, 5.41) is 1.55. The van der Waals surface area contributed by atoms with Crippen molar-refractivity contribution in [1.82, 2.24) is 0 Å². The first kappa shape index (κ1) is 14.8. The minimum Gasteiger partial charge on any atom is -0.415 e. The highest BCUT2D eigenvalue weighted by atomic mass is 29.3. The molecule has 1 nitrogen and oxygen atoms in total. The first-order valence-corrected chi connectivity index (χ1v) is 13.8. The fourth-order valence-corrected chi connectivity index (χ4v) is 15.3. The van der Waals surface area contributed by atoms with Crippen molar-refractivity contribution < 1.29 is 4.43 Å². The zero-order chi connectivity index (χ0) is 14.3. The highest BCUT2D eigenvalue weighted by Crippen LogP contribution is 2.38. The molecule has 104 valence electrons. The molecule has 0 N–H and O–H groups in total. The van der Waals surface area contributed by atoms with Gasteiger partial charge in [-0.3, -0.25) is 0 Å². The maximum absolute atomic E-state index is 6.60. The molecule has 19 heavy (non-hydrogen) atoms. The minimum atomic E-state index is -1.68. The average Bonchev–Trinajstić information content (AvgIpc) is 2.33. The normalized spacial score (nSPS) is 28.9. The number of hydrogen-bond acceptors (Lipinski definition) is 1. The van der Waals surface area contributed by atoms with Crippen molar-refractivity contribution in [2.24, 2.45) is 0 Å². The molecular weight excluding hydrogens is 264 g/mol. The molecule has 0 aliphatic carbocycles. The Morgan fingerprint density at radius 1 is 1.21 bits per heavy atom. The predicted octanol–water partition coefficient (Wildman–Crippen LogP) is 4.10. The van der Waals surface area contributed by atoms with E-state index in [1.807, 2.05) is 6.08 Å². The van der Waals surface area contributed by atoms with Gasteiger partial charge in [-0.05, 0) is 38.9 Å². The molecule has 0 radical (unpaired) electrons. The summed E-state index contributed by atoms with van der Waals surface area (Å²) in [6.07, 6.45) is 3.19. The summed E-state index contributed by atoms with van der Waals surface area (Å²) in [5.74, 6) is 0. The first-order valence-electron chi connectivity index (χ1n) is 7.14. The maximum Gasteiger partial charge on any atom is 0.180 e. The standard InChI is InChI=1S/C16H26OSi2/c1-7-14-10-8-9-11-15(14)19(6)13-12-16(2,3)17-18(19,4)5/h7-11H,1,12-13H2,2-6H3. The predicted molar refractivity (Wildman–Crippen MR) is 89.9 cm³/mol. The quantitative estimate of drug-likeness (QED) is 0.745. The van der Waals surface area contributed by atoms with Crippen LogP contribution in [0.1, 0.15) is 25.8 Å². The van der Waals surface area contributed by atoms with Gasteiger partial charge in [0.25, 0.3) is 0 Å². The molecule has 0 amide bonds. The molecule has 1 aliphatic rings. The lowest BCUT2D eigenvalue weighted by molar-refractivity contribution is 0.0937. The third-order valence-electron chi connectivity index (χ3n) is 4.86. The molecule has 1 aliphatic heterocycles. The van der Waals surface area contributed by atoms with Crippen molar-refractivity contribution in [3.8, 4) is 0 Å². The molecule has 0 aromatic heterocycles. The van der Waals surface area contributed by atoms with Crippen LogP contribution in [0.5, 0.6) is 0 Å². The van der Waals surface area contributed by atoms with Crippen molar-refractivity contribution in [3.05, 3.63) is 36.4 Å². The van der Waals surface area contributed by atoms with E-state index in [1.54, 1.807) is 5.19 Å². The molecular formula is C16H26OSi2. The molecule has 1 unspecified atom stereocenters. The largest absolute Gasteiger partial charge is 0.415 e. The lowest BCUT2D eigenvalue weighted by Gasteiger charge is -2.51. The van der Waals surface area contributed by atoms with Gasteiger partial charge in [0.2, 0.25) is 0 Å². The van der Waals surface area contributed by atoms with Gasteiger partial charge in [0.15, 0.2) is 7.83 Å². The third kappa shape index (κ3) is 2.51. The molecule has 1 heterocycles. The Labute approximate surface area is 119 Å². The van der Waals surface area contributed by atoms with Gasteiger partial charge >= 0.3 is 0 Å². The molecule has 1 fully saturated rings. The Morgan fingerprint density at radius 3 is 2.42 bits per heavy atom. The topological polar surface area (TPSA) is 9.23 Å². The van der Waals surface area contributed by atoms with Crippen LogP contribution in [-0.2, 0) is 4.43 Å². The third-order valence-corrected chi connectivity index (χ3v) is 21.3. The van der Waals surface area contributed by atoms with Gasteiger partial charge in [0, 0.05) is 0 Å². The van der Waals surface area contributed by atoms with Crippen LogP contribution >= 0.6 is 0 Å². The number of hydrogen-bond donors (Lipinski definition) is 0. The van der Waals surface area contributed by atoms with Gasteiger partial charge < -0.3 is 4.43 Å². The second-order valence-corrected chi connectivity index (χ2v) is 20.8. The monoisotopic (exact) mass is 290 g/mol. The van der Waals surface area contributed by atoms with E-state index in [4.69, 9.17) is 4.43 Å². The maximum atomic E-state index is 6.60. The van der Waals surface area contributed by atoms with E-state index in [0.29, 0.717) is 0 Å². The van der Waals surface area contributed by atoms with Crippen molar-refractivity contribution in [1.29, 1.82) is 0 Å². The van der Waals surface area contributed by atoms with Crippen LogP contribution < -0.4 is 5.19 Å². The molecule has 0 spiro atoms. The summed E-state index contributed by atoms with van der Waals surface area (Å²) in [6, 6.07) is 10.1. The van der Waals surface area contributed by atoms with Gasteiger partial charge in [-0.1, -0.05) is 54.7 Å². The summed E-state index contributed by atoms with van der Waals surface area (Å²) in [7, 11) is -3.23. The second-order valence-electron chi connectivity index (χ2n) is 7.00. The van der Waals surface area contributed by atoms with Gasteiger partial charge in [0.05, 0.1) is 5.60 Å².